The Bertz CT molecular complexity index is 17.5. The Morgan fingerprint density at radius 2 is 2.33 bits per heavy atom. The van der Waals surface area contributed by atoms with E-state index in [1.807, 2.05) is 11.8 Å². The van der Waals surface area contributed by atoms with E-state index in [4.69, 9.17) is 12.6 Å². The SMILES string of the molecule is CCSCC[S]. The van der Waals surface area contributed by atoms with Gasteiger partial charge in [-0.1, -0.05) is 19.6 Å². The van der Waals surface area contributed by atoms with Crippen LogP contribution < -0.4 is 0 Å². The van der Waals surface area contributed by atoms with E-state index >= 15 is 0 Å². The fourth-order valence-electron chi connectivity index (χ4n) is 0.203. The van der Waals surface area contributed by atoms with Crippen molar-refractivity contribution in [3.8, 4) is 0 Å². The van der Waals surface area contributed by atoms with Crippen molar-refractivity contribution < 1.29 is 0 Å². The standard InChI is InChI=1S/C4H9S2/c1-2-6-4-3-5/h2-4H2,1H3. The molecule has 0 heterocycles. The van der Waals surface area contributed by atoms with E-state index in [-0.39, 0.29) is 0 Å². The van der Waals surface area contributed by atoms with Crippen molar-refractivity contribution in [2.24, 2.45) is 0 Å². The molecule has 0 rings (SSSR count). The molecule has 0 atom stereocenters. The highest BCUT2D eigenvalue weighted by Gasteiger charge is 1.76. The summed E-state index contributed by atoms with van der Waals surface area (Å²) in [6, 6.07) is 0. The largest absolute Gasteiger partial charge is 0.161 e. The van der Waals surface area contributed by atoms with Crippen LogP contribution in [0.2, 0.25) is 0 Å². The molecule has 1 radical (unpaired) electrons. The highest BCUT2D eigenvalue weighted by atomic mass is 32.2. The topological polar surface area (TPSA) is 0 Å². The Hall–Kier alpha value is 0.700. The summed E-state index contributed by atoms with van der Waals surface area (Å²) >= 11 is 6.60. The van der Waals surface area contributed by atoms with E-state index < -0.39 is 0 Å². The summed E-state index contributed by atoms with van der Waals surface area (Å²) in [5, 5.41) is 0. The van der Waals surface area contributed by atoms with Crippen molar-refractivity contribution >= 4 is 24.4 Å². The zero-order valence-electron chi connectivity index (χ0n) is 3.94. The molecule has 0 bridgehead atoms. The highest BCUT2D eigenvalue weighted by Crippen LogP contribution is 1.96. The zero-order valence-corrected chi connectivity index (χ0v) is 5.57. The molecule has 0 N–H and O–H groups in total. The van der Waals surface area contributed by atoms with E-state index in [1.54, 1.807) is 0 Å². The molecule has 0 aromatic heterocycles. The molecule has 0 amide bonds. The maximum absolute atomic E-state index is 4.70. The molecule has 37 valence electrons. The molecule has 0 aliphatic rings. The first-order chi connectivity index (χ1) is 2.91. The fourth-order valence-corrected chi connectivity index (χ4v) is 0.963. The fraction of sp³-hybridized carbons (Fsp3) is 1.00. The average Bonchev–Trinajstić information content (AvgIpc) is 1.61. The molecule has 0 unspecified atom stereocenters. The Labute approximate surface area is 49.1 Å². The molecular formula is C4H9S2. The Morgan fingerprint density at radius 3 is 2.50 bits per heavy atom. The quantitative estimate of drug-likeness (QED) is 0.514. The van der Waals surface area contributed by atoms with E-state index in [9.17, 15) is 0 Å². The summed E-state index contributed by atoms with van der Waals surface area (Å²) in [6.45, 7) is 2.15. The summed E-state index contributed by atoms with van der Waals surface area (Å²) in [4.78, 5) is 0. The predicted molar refractivity (Wildman–Crippen MR) is 35.5 cm³/mol. The molecule has 0 aromatic rings. The lowest BCUT2D eigenvalue weighted by atomic mass is 10.9. The van der Waals surface area contributed by atoms with Gasteiger partial charge in [0.2, 0.25) is 0 Å². The van der Waals surface area contributed by atoms with Gasteiger partial charge < -0.3 is 0 Å². The van der Waals surface area contributed by atoms with Crippen LogP contribution in [0.25, 0.3) is 0 Å². The first kappa shape index (κ1) is 6.70. The minimum Gasteiger partial charge on any atom is -0.161 e. The third kappa shape index (κ3) is 4.70. The first-order valence-corrected chi connectivity index (χ1v) is 3.81. The van der Waals surface area contributed by atoms with Gasteiger partial charge >= 0.3 is 0 Å². The molecule has 0 nitrogen and oxygen atoms in total. The number of thioether (sulfide) groups is 1. The van der Waals surface area contributed by atoms with Gasteiger partial charge in [-0.25, -0.2) is 0 Å². The summed E-state index contributed by atoms with van der Waals surface area (Å²) in [5.74, 6) is 3.25. The summed E-state index contributed by atoms with van der Waals surface area (Å²) in [6.07, 6.45) is 0. The molecule has 0 fully saturated rings. The van der Waals surface area contributed by atoms with Gasteiger partial charge in [-0.05, 0) is 5.75 Å². The van der Waals surface area contributed by atoms with Crippen LogP contribution >= 0.6 is 24.4 Å². The van der Waals surface area contributed by atoms with E-state index in [0.717, 1.165) is 11.5 Å². The van der Waals surface area contributed by atoms with Gasteiger partial charge in [-0.15, -0.1) is 0 Å². The first-order valence-electron chi connectivity index (χ1n) is 2.07. The molecule has 2 heteroatoms. The van der Waals surface area contributed by atoms with Crippen molar-refractivity contribution in [2.45, 2.75) is 6.92 Å². The lowest BCUT2D eigenvalue weighted by Gasteiger charge is -1.85. The third-order valence-electron chi connectivity index (χ3n) is 0.432. The normalized spacial score (nSPS) is 9.00. The van der Waals surface area contributed by atoms with Gasteiger partial charge in [-0.2, -0.15) is 11.8 Å². The molecule has 6 heavy (non-hydrogen) atoms. The number of hydrogen-bond donors (Lipinski definition) is 0. The predicted octanol–water partition coefficient (Wildman–Crippen LogP) is 1.94. The maximum atomic E-state index is 4.70. The maximum Gasteiger partial charge on any atom is 0.0128 e. The van der Waals surface area contributed by atoms with Crippen LogP contribution in [0.1, 0.15) is 6.92 Å². The van der Waals surface area contributed by atoms with E-state index in [0.29, 0.717) is 0 Å². The number of rotatable bonds is 3. The van der Waals surface area contributed by atoms with Crippen LogP contribution in [0.4, 0.5) is 0 Å². The van der Waals surface area contributed by atoms with Gasteiger partial charge in [0.25, 0.3) is 0 Å². The molecular weight excluding hydrogens is 112 g/mol. The second-order valence-electron chi connectivity index (χ2n) is 0.901. The van der Waals surface area contributed by atoms with Crippen LogP contribution in [0.15, 0.2) is 0 Å². The van der Waals surface area contributed by atoms with E-state index in [1.165, 1.54) is 5.75 Å². The van der Waals surface area contributed by atoms with E-state index in [2.05, 4.69) is 6.92 Å². The second kappa shape index (κ2) is 5.70. The van der Waals surface area contributed by atoms with Crippen LogP contribution in [0, 0.1) is 0 Å². The molecule has 0 saturated carbocycles. The molecule has 0 aliphatic heterocycles. The highest BCUT2D eigenvalue weighted by molar-refractivity contribution is 7.99. The van der Waals surface area contributed by atoms with Crippen molar-refractivity contribution in [1.82, 2.24) is 0 Å². The molecule has 0 aromatic carbocycles. The number of hydrogen-bond acceptors (Lipinski definition) is 1. The van der Waals surface area contributed by atoms with Crippen LogP contribution in [-0.2, 0) is 0 Å². The minimum absolute atomic E-state index is 0.901. The van der Waals surface area contributed by atoms with Gasteiger partial charge in [0.15, 0.2) is 0 Å². The van der Waals surface area contributed by atoms with Gasteiger partial charge in [0.1, 0.15) is 0 Å². The Morgan fingerprint density at radius 1 is 1.67 bits per heavy atom. The van der Waals surface area contributed by atoms with Crippen molar-refractivity contribution in [3.63, 3.8) is 0 Å². The van der Waals surface area contributed by atoms with Gasteiger partial charge in [-0.3, -0.25) is 0 Å². The Balaban J connectivity index is 2.34. The van der Waals surface area contributed by atoms with Crippen LogP contribution in [0.5, 0.6) is 0 Å². The lowest BCUT2D eigenvalue weighted by Crippen LogP contribution is -1.76. The molecule has 0 saturated heterocycles. The summed E-state index contributed by atoms with van der Waals surface area (Å²) in [5.41, 5.74) is 0. The van der Waals surface area contributed by atoms with Gasteiger partial charge in [0.05, 0.1) is 0 Å². The smallest absolute Gasteiger partial charge is 0.0128 e. The van der Waals surface area contributed by atoms with Crippen molar-refractivity contribution in [2.75, 3.05) is 17.3 Å². The zero-order chi connectivity index (χ0) is 4.83. The molecule has 0 spiro atoms. The summed E-state index contributed by atoms with van der Waals surface area (Å²) in [7, 11) is 0. The second-order valence-corrected chi connectivity index (χ2v) is 2.70. The van der Waals surface area contributed by atoms with Crippen molar-refractivity contribution in [3.05, 3.63) is 0 Å². The lowest BCUT2D eigenvalue weighted by molar-refractivity contribution is 1.48. The minimum atomic E-state index is 0.901. The Kier molecular flexibility index (Phi) is 6.36. The van der Waals surface area contributed by atoms with Gasteiger partial charge in [0, 0.05) is 11.5 Å². The monoisotopic (exact) mass is 121 g/mol. The van der Waals surface area contributed by atoms with Crippen LogP contribution in [-0.4, -0.2) is 17.3 Å². The summed E-state index contributed by atoms with van der Waals surface area (Å²) < 4.78 is 0. The van der Waals surface area contributed by atoms with Crippen molar-refractivity contribution in [1.29, 1.82) is 0 Å². The van der Waals surface area contributed by atoms with Crippen LogP contribution in [0.3, 0.4) is 0 Å². The third-order valence-corrected chi connectivity index (χ3v) is 1.80. The average molecular weight is 121 g/mol. The molecule has 0 aliphatic carbocycles.